The van der Waals surface area contributed by atoms with Crippen LogP contribution in [0.4, 0.5) is 4.39 Å². The van der Waals surface area contributed by atoms with Crippen molar-refractivity contribution in [3.05, 3.63) is 53.5 Å². The largest absolute Gasteiger partial charge is 0.493 e. The first kappa shape index (κ1) is 24.0. The first-order valence-corrected chi connectivity index (χ1v) is 11.7. The number of piperidine rings is 1. The monoisotopic (exact) mass is 470 g/mol. The number of carbonyl (C=O) groups is 1. The van der Waals surface area contributed by atoms with Crippen molar-refractivity contribution in [3.8, 4) is 11.5 Å². The number of methoxy groups -OCH3 is 1. The zero-order chi connectivity index (χ0) is 23.9. The minimum Gasteiger partial charge on any atom is -0.493 e. The van der Waals surface area contributed by atoms with E-state index in [0.29, 0.717) is 42.6 Å². The van der Waals surface area contributed by atoms with Gasteiger partial charge in [-0.15, -0.1) is 0 Å². The Hall–Kier alpha value is -3.13. The molecule has 4 rings (SSSR count). The maximum Gasteiger partial charge on any atom is 0.302 e. The summed E-state index contributed by atoms with van der Waals surface area (Å²) in [7, 11) is 1.62. The van der Waals surface area contributed by atoms with Gasteiger partial charge in [0.05, 0.1) is 26.0 Å². The van der Waals surface area contributed by atoms with Crippen LogP contribution in [0, 0.1) is 5.82 Å². The van der Waals surface area contributed by atoms with Gasteiger partial charge in [0.2, 0.25) is 0 Å². The number of benzene rings is 2. The van der Waals surface area contributed by atoms with Crippen molar-refractivity contribution < 1.29 is 27.9 Å². The number of halogens is 1. The molecule has 0 aliphatic carbocycles. The Labute approximate surface area is 198 Å². The second-order valence-corrected chi connectivity index (χ2v) is 8.60. The average Bonchev–Trinajstić information content (AvgIpc) is 3.25. The molecule has 0 spiro atoms. The SMILES string of the molecule is COc1cc(CCOC(C)=O)ccc1OCCCN1CCC(c2noc3cc(F)ccc23)CC1. The maximum atomic E-state index is 13.4. The molecule has 2 heterocycles. The van der Waals surface area contributed by atoms with Crippen molar-refractivity contribution in [2.45, 2.75) is 38.5 Å². The van der Waals surface area contributed by atoms with Gasteiger partial charge in [-0.3, -0.25) is 4.79 Å². The topological polar surface area (TPSA) is 74.0 Å². The van der Waals surface area contributed by atoms with Crippen LogP contribution in [0.5, 0.6) is 11.5 Å². The molecule has 1 fully saturated rings. The fourth-order valence-electron chi connectivity index (χ4n) is 4.42. The molecule has 0 saturated carbocycles. The van der Waals surface area contributed by atoms with Crippen molar-refractivity contribution in [1.29, 1.82) is 0 Å². The van der Waals surface area contributed by atoms with E-state index in [2.05, 4.69) is 10.1 Å². The van der Waals surface area contributed by atoms with Gasteiger partial charge in [0, 0.05) is 37.3 Å². The summed E-state index contributed by atoms with van der Waals surface area (Å²) in [6.45, 7) is 5.28. The molecule has 0 amide bonds. The van der Waals surface area contributed by atoms with E-state index in [-0.39, 0.29) is 11.8 Å². The first-order chi connectivity index (χ1) is 16.5. The molecule has 3 aromatic rings. The fourth-order valence-corrected chi connectivity index (χ4v) is 4.42. The van der Waals surface area contributed by atoms with Gasteiger partial charge in [0.1, 0.15) is 5.82 Å². The number of likely N-dealkylation sites (tertiary alicyclic amines) is 1. The highest BCUT2D eigenvalue weighted by molar-refractivity contribution is 5.79. The lowest BCUT2D eigenvalue weighted by atomic mass is 9.91. The molecular formula is C26H31FN2O5. The fraction of sp³-hybridized carbons (Fsp3) is 0.462. The van der Waals surface area contributed by atoms with Crippen LogP contribution >= 0.6 is 0 Å². The number of esters is 1. The Balaban J connectivity index is 1.20. The second-order valence-electron chi connectivity index (χ2n) is 8.60. The molecule has 2 aromatic carbocycles. The molecule has 34 heavy (non-hydrogen) atoms. The molecule has 0 unspecified atom stereocenters. The van der Waals surface area contributed by atoms with Crippen LogP contribution in [0.1, 0.15) is 43.4 Å². The summed E-state index contributed by atoms with van der Waals surface area (Å²) in [6.07, 6.45) is 3.55. The van der Waals surface area contributed by atoms with E-state index >= 15 is 0 Å². The first-order valence-electron chi connectivity index (χ1n) is 11.7. The summed E-state index contributed by atoms with van der Waals surface area (Å²) >= 11 is 0. The minimum absolute atomic E-state index is 0.278. The van der Waals surface area contributed by atoms with Crippen LogP contribution in [0.15, 0.2) is 40.9 Å². The third-order valence-electron chi connectivity index (χ3n) is 6.24. The number of hydrogen-bond acceptors (Lipinski definition) is 7. The standard InChI is InChI=1S/C26H31FN2O5/c1-18(30)32-15-10-19-4-7-23(25(16-19)31-2)33-14-3-11-29-12-8-20(9-13-29)26-22-6-5-21(27)17-24(22)34-28-26/h4-7,16-17,20H,3,8-15H2,1-2H3. The van der Waals surface area contributed by atoms with Crippen LogP contribution in [-0.4, -0.2) is 56.0 Å². The Bertz CT molecular complexity index is 1110. The third-order valence-corrected chi connectivity index (χ3v) is 6.24. The van der Waals surface area contributed by atoms with Gasteiger partial charge >= 0.3 is 5.97 Å². The Morgan fingerprint density at radius 3 is 2.74 bits per heavy atom. The van der Waals surface area contributed by atoms with E-state index in [1.54, 1.807) is 13.2 Å². The van der Waals surface area contributed by atoms with E-state index in [0.717, 1.165) is 55.5 Å². The lowest BCUT2D eigenvalue weighted by Crippen LogP contribution is -2.34. The molecule has 8 heteroatoms. The van der Waals surface area contributed by atoms with Crippen molar-refractivity contribution in [3.63, 3.8) is 0 Å². The smallest absolute Gasteiger partial charge is 0.302 e. The summed E-state index contributed by atoms with van der Waals surface area (Å²) in [5, 5.41) is 5.14. The van der Waals surface area contributed by atoms with Crippen LogP contribution in [0.2, 0.25) is 0 Å². The van der Waals surface area contributed by atoms with E-state index in [4.69, 9.17) is 18.7 Å². The van der Waals surface area contributed by atoms with Gasteiger partial charge in [-0.05, 0) is 62.2 Å². The van der Waals surface area contributed by atoms with E-state index in [9.17, 15) is 9.18 Å². The van der Waals surface area contributed by atoms with Gasteiger partial charge in [-0.2, -0.15) is 0 Å². The highest BCUT2D eigenvalue weighted by Crippen LogP contribution is 2.33. The molecule has 182 valence electrons. The van der Waals surface area contributed by atoms with Crippen molar-refractivity contribution in [1.82, 2.24) is 10.1 Å². The summed E-state index contributed by atoms with van der Waals surface area (Å²) in [4.78, 5) is 13.4. The minimum atomic E-state index is -0.305. The summed E-state index contributed by atoms with van der Waals surface area (Å²) < 4.78 is 35.2. The third kappa shape index (κ3) is 6.05. The molecule has 0 atom stereocenters. The lowest BCUT2D eigenvalue weighted by molar-refractivity contribution is -0.140. The van der Waals surface area contributed by atoms with Crippen molar-refractivity contribution in [2.24, 2.45) is 0 Å². The van der Waals surface area contributed by atoms with Crippen molar-refractivity contribution in [2.75, 3.05) is 40.0 Å². The summed E-state index contributed by atoms with van der Waals surface area (Å²) in [6, 6.07) is 10.4. The molecule has 0 radical (unpaired) electrons. The zero-order valence-electron chi connectivity index (χ0n) is 19.7. The second kappa shape index (κ2) is 11.3. The zero-order valence-corrected chi connectivity index (χ0v) is 19.7. The van der Waals surface area contributed by atoms with Crippen LogP contribution < -0.4 is 9.47 Å². The molecule has 0 bridgehead atoms. The van der Waals surface area contributed by atoms with Gasteiger partial charge in [-0.1, -0.05) is 11.2 Å². The number of aromatic nitrogens is 1. The molecule has 0 N–H and O–H groups in total. The number of ether oxygens (including phenoxy) is 3. The Morgan fingerprint density at radius 1 is 1.15 bits per heavy atom. The van der Waals surface area contributed by atoms with Crippen molar-refractivity contribution >= 4 is 16.9 Å². The number of carbonyl (C=O) groups excluding carboxylic acids is 1. The summed E-state index contributed by atoms with van der Waals surface area (Å²) in [5.41, 5.74) is 2.49. The molecule has 1 aliphatic rings. The highest BCUT2D eigenvalue weighted by atomic mass is 19.1. The Morgan fingerprint density at radius 2 is 1.97 bits per heavy atom. The predicted octanol–water partition coefficient (Wildman–Crippen LogP) is 4.73. The molecule has 1 aromatic heterocycles. The highest BCUT2D eigenvalue weighted by Gasteiger charge is 2.25. The molecular weight excluding hydrogens is 439 g/mol. The number of fused-ring (bicyclic) bond motifs is 1. The molecule has 1 saturated heterocycles. The van der Waals surface area contributed by atoms with Gasteiger partial charge in [0.15, 0.2) is 17.1 Å². The quantitative estimate of drug-likeness (QED) is 0.313. The maximum absolute atomic E-state index is 13.4. The van der Waals surface area contributed by atoms with E-state index in [1.165, 1.54) is 19.1 Å². The van der Waals surface area contributed by atoms with Gasteiger partial charge in [0.25, 0.3) is 0 Å². The van der Waals surface area contributed by atoms with Crippen LogP contribution in [0.3, 0.4) is 0 Å². The number of hydrogen-bond donors (Lipinski definition) is 0. The van der Waals surface area contributed by atoms with E-state index < -0.39 is 0 Å². The molecule has 7 nitrogen and oxygen atoms in total. The van der Waals surface area contributed by atoms with Crippen LogP contribution in [0.25, 0.3) is 11.0 Å². The number of rotatable bonds is 10. The predicted molar refractivity (Wildman–Crippen MR) is 126 cm³/mol. The van der Waals surface area contributed by atoms with E-state index in [1.807, 2.05) is 18.2 Å². The average molecular weight is 471 g/mol. The molecule has 1 aliphatic heterocycles. The van der Waals surface area contributed by atoms with Gasteiger partial charge < -0.3 is 23.6 Å². The lowest BCUT2D eigenvalue weighted by Gasteiger charge is -2.31. The Kier molecular flexibility index (Phi) is 8.00. The normalized spacial score (nSPS) is 14.9. The van der Waals surface area contributed by atoms with Crippen LogP contribution in [-0.2, 0) is 16.0 Å². The summed E-state index contributed by atoms with van der Waals surface area (Å²) in [5.74, 6) is 1.15. The van der Waals surface area contributed by atoms with Gasteiger partial charge in [-0.25, -0.2) is 4.39 Å². The number of nitrogens with zero attached hydrogens (tertiary/aromatic N) is 2.